The third-order valence-electron chi connectivity index (χ3n) is 2.97. The predicted molar refractivity (Wildman–Crippen MR) is 65.5 cm³/mol. The summed E-state index contributed by atoms with van der Waals surface area (Å²) < 4.78 is 14.9. The topological polar surface area (TPSA) is 50.9 Å². The van der Waals surface area contributed by atoms with E-state index >= 15 is 0 Å². The SMILES string of the molecule is CCn1ncnc1CC(O)c1cc(F)ccc1C. The molecule has 0 aliphatic heterocycles. The highest BCUT2D eigenvalue weighted by atomic mass is 19.1. The summed E-state index contributed by atoms with van der Waals surface area (Å²) in [7, 11) is 0. The second-order valence-corrected chi connectivity index (χ2v) is 4.21. The zero-order valence-electron chi connectivity index (χ0n) is 10.5. The van der Waals surface area contributed by atoms with Crippen molar-refractivity contribution in [2.75, 3.05) is 0 Å². The lowest BCUT2D eigenvalue weighted by Gasteiger charge is -2.13. The van der Waals surface area contributed by atoms with Crippen LogP contribution >= 0.6 is 0 Å². The van der Waals surface area contributed by atoms with Gasteiger partial charge in [-0.15, -0.1) is 0 Å². The second kappa shape index (κ2) is 5.27. The molecule has 5 heteroatoms. The summed E-state index contributed by atoms with van der Waals surface area (Å²) in [6, 6.07) is 4.42. The molecule has 0 aliphatic carbocycles. The van der Waals surface area contributed by atoms with Crippen LogP contribution in [0, 0.1) is 12.7 Å². The highest BCUT2D eigenvalue weighted by Gasteiger charge is 2.15. The molecule has 0 saturated carbocycles. The molecule has 0 saturated heterocycles. The van der Waals surface area contributed by atoms with E-state index in [0.29, 0.717) is 24.4 Å². The largest absolute Gasteiger partial charge is 0.388 e. The van der Waals surface area contributed by atoms with Gasteiger partial charge in [-0.05, 0) is 37.1 Å². The molecule has 1 heterocycles. The maximum atomic E-state index is 13.2. The van der Waals surface area contributed by atoms with Gasteiger partial charge in [0, 0.05) is 13.0 Å². The van der Waals surface area contributed by atoms with E-state index in [4.69, 9.17) is 0 Å². The lowest BCUT2D eigenvalue weighted by molar-refractivity contribution is 0.173. The van der Waals surface area contributed by atoms with Crippen LogP contribution < -0.4 is 0 Å². The van der Waals surface area contributed by atoms with E-state index in [2.05, 4.69) is 10.1 Å². The first kappa shape index (κ1) is 12.7. The highest BCUT2D eigenvalue weighted by molar-refractivity contribution is 5.29. The second-order valence-electron chi connectivity index (χ2n) is 4.21. The van der Waals surface area contributed by atoms with Gasteiger partial charge < -0.3 is 5.11 Å². The quantitative estimate of drug-likeness (QED) is 0.902. The Morgan fingerprint density at radius 1 is 1.44 bits per heavy atom. The first-order valence-corrected chi connectivity index (χ1v) is 5.92. The highest BCUT2D eigenvalue weighted by Crippen LogP contribution is 2.21. The number of rotatable bonds is 4. The molecule has 96 valence electrons. The Morgan fingerprint density at radius 3 is 2.94 bits per heavy atom. The zero-order valence-corrected chi connectivity index (χ0v) is 10.5. The van der Waals surface area contributed by atoms with Crippen LogP contribution in [0.25, 0.3) is 0 Å². The zero-order chi connectivity index (χ0) is 13.1. The molecule has 2 rings (SSSR count). The van der Waals surface area contributed by atoms with Crippen LogP contribution in [0.1, 0.15) is 30.0 Å². The van der Waals surface area contributed by atoms with E-state index < -0.39 is 6.10 Å². The summed E-state index contributed by atoms with van der Waals surface area (Å²) in [6.45, 7) is 4.50. The number of aryl methyl sites for hydroxylation is 2. The lowest BCUT2D eigenvalue weighted by Crippen LogP contribution is -2.10. The summed E-state index contributed by atoms with van der Waals surface area (Å²) >= 11 is 0. The molecule has 1 aromatic heterocycles. The average Bonchev–Trinajstić information content (AvgIpc) is 2.79. The minimum atomic E-state index is -0.768. The number of hydrogen-bond acceptors (Lipinski definition) is 3. The van der Waals surface area contributed by atoms with E-state index in [-0.39, 0.29) is 5.82 Å². The van der Waals surface area contributed by atoms with Crippen LogP contribution in [-0.4, -0.2) is 19.9 Å². The third kappa shape index (κ3) is 2.56. The first-order chi connectivity index (χ1) is 8.61. The van der Waals surface area contributed by atoms with E-state index in [1.807, 2.05) is 13.8 Å². The molecular formula is C13H16FN3O. The fourth-order valence-corrected chi connectivity index (χ4v) is 1.96. The van der Waals surface area contributed by atoms with Gasteiger partial charge in [0.1, 0.15) is 18.0 Å². The van der Waals surface area contributed by atoms with Crippen molar-refractivity contribution in [1.29, 1.82) is 0 Å². The standard InChI is InChI=1S/C13H16FN3O/c1-3-17-13(15-8-16-17)7-12(18)11-6-10(14)5-4-9(11)2/h4-6,8,12,18H,3,7H2,1-2H3. The number of hydrogen-bond donors (Lipinski definition) is 1. The molecule has 0 fully saturated rings. The Labute approximate surface area is 105 Å². The molecule has 0 bridgehead atoms. The summed E-state index contributed by atoms with van der Waals surface area (Å²) in [5.41, 5.74) is 1.46. The van der Waals surface area contributed by atoms with Crippen LogP contribution in [0.3, 0.4) is 0 Å². The van der Waals surface area contributed by atoms with Crippen LogP contribution in [0.5, 0.6) is 0 Å². The summed E-state index contributed by atoms with van der Waals surface area (Å²) in [5, 5.41) is 14.2. The van der Waals surface area contributed by atoms with Gasteiger partial charge in [-0.2, -0.15) is 5.10 Å². The lowest BCUT2D eigenvalue weighted by atomic mass is 10.0. The number of aliphatic hydroxyl groups excluding tert-OH is 1. The number of benzene rings is 1. The van der Waals surface area contributed by atoms with Crippen LogP contribution in [-0.2, 0) is 13.0 Å². The number of nitrogens with zero attached hydrogens (tertiary/aromatic N) is 3. The van der Waals surface area contributed by atoms with Crippen molar-refractivity contribution in [3.63, 3.8) is 0 Å². The van der Waals surface area contributed by atoms with Gasteiger partial charge in [0.2, 0.25) is 0 Å². The Balaban J connectivity index is 2.21. The number of halogens is 1. The third-order valence-corrected chi connectivity index (χ3v) is 2.97. The minimum absolute atomic E-state index is 0.331. The van der Waals surface area contributed by atoms with E-state index in [0.717, 1.165) is 5.56 Å². The summed E-state index contributed by atoms with van der Waals surface area (Å²) in [6.07, 6.45) is 1.03. The van der Waals surface area contributed by atoms with Gasteiger partial charge in [0.25, 0.3) is 0 Å². The normalized spacial score (nSPS) is 12.7. The Morgan fingerprint density at radius 2 is 2.22 bits per heavy atom. The van der Waals surface area contributed by atoms with Crippen molar-refractivity contribution < 1.29 is 9.50 Å². The minimum Gasteiger partial charge on any atom is -0.388 e. The Hall–Kier alpha value is -1.75. The van der Waals surface area contributed by atoms with Gasteiger partial charge in [0.05, 0.1) is 6.10 Å². The maximum absolute atomic E-state index is 13.2. The van der Waals surface area contributed by atoms with Crippen molar-refractivity contribution in [2.24, 2.45) is 0 Å². The molecular weight excluding hydrogens is 233 g/mol. The van der Waals surface area contributed by atoms with Gasteiger partial charge in [0.15, 0.2) is 0 Å². The molecule has 0 spiro atoms. The van der Waals surface area contributed by atoms with Gasteiger partial charge >= 0.3 is 0 Å². The Kier molecular flexibility index (Phi) is 3.72. The molecule has 0 amide bonds. The monoisotopic (exact) mass is 249 g/mol. The molecule has 2 aromatic rings. The molecule has 4 nitrogen and oxygen atoms in total. The smallest absolute Gasteiger partial charge is 0.138 e. The molecule has 0 aliphatic rings. The predicted octanol–water partition coefficient (Wildman–Crippen LogP) is 2.02. The van der Waals surface area contributed by atoms with Crippen molar-refractivity contribution in [2.45, 2.75) is 32.9 Å². The molecule has 1 N–H and O–H groups in total. The first-order valence-electron chi connectivity index (χ1n) is 5.92. The maximum Gasteiger partial charge on any atom is 0.138 e. The molecule has 0 radical (unpaired) electrons. The fourth-order valence-electron chi connectivity index (χ4n) is 1.96. The molecule has 18 heavy (non-hydrogen) atoms. The molecule has 1 atom stereocenters. The number of aliphatic hydroxyl groups is 1. The molecule has 1 unspecified atom stereocenters. The number of aromatic nitrogens is 3. The summed E-state index contributed by atoms with van der Waals surface area (Å²) in [5.74, 6) is 0.361. The van der Waals surface area contributed by atoms with Gasteiger partial charge in [-0.3, -0.25) is 4.68 Å². The van der Waals surface area contributed by atoms with Gasteiger partial charge in [-0.25, -0.2) is 9.37 Å². The van der Waals surface area contributed by atoms with Crippen molar-refractivity contribution in [3.05, 3.63) is 47.3 Å². The molecule has 1 aromatic carbocycles. The Bertz CT molecular complexity index is 539. The average molecular weight is 249 g/mol. The van der Waals surface area contributed by atoms with E-state index in [1.165, 1.54) is 18.5 Å². The van der Waals surface area contributed by atoms with Crippen molar-refractivity contribution in [1.82, 2.24) is 14.8 Å². The van der Waals surface area contributed by atoms with Crippen LogP contribution in [0.4, 0.5) is 4.39 Å². The van der Waals surface area contributed by atoms with Gasteiger partial charge in [-0.1, -0.05) is 6.07 Å². The van der Waals surface area contributed by atoms with Crippen molar-refractivity contribution >= 4 is 0 Å². The van der Waals surface area contributed by atoms with Crippen molar-refractivity contribution in [3.8, 4) is 0 Å². The van der Waals surface area contributed by atoms with Crippen LogP contribution in [0.2, 0.25) is 0 Å². The van der Waals surface area contributed by atoms with E-state index in [1.54, 1.807) is 10.7 Å². The van der Waals surface area contributed by atoms with E-state index in [9.17, 15) is 9.50 Å². The fraction of sp³-hybridized carbons (Fsp3) is 0.385. The van der Waals surface area contributed by atoms with Crippen LogP contribution in [0.15, 0.2) is 24.5 Å². The summed E-state index contributed by atoms with van der Waals surface area (Å²) in [4.78, 5) is 4.10.